The summed E-state index contributed by atoms with van der Waals surface area (Å²) >= 11 is 0. The summed E-state index contributed by atoms with van der Waals surface area (Å²) in [5.74, 6) is -0.472. The summed E-state index contributed by atoms with van der Waals surface area (Å²) in [5, 5.41) is 10.0. The Balaban J connectivity index is 1.85. The second kappa shape index (κ2) is 6.08. The number of rotatable bonds is 4. The van der Waals surface area contributed by atoms with Crippen LogP contribution in [0.4, 0.5) is 0 Å². The first-order chi connectivity index (χ1) is 12.2. The summed E-state index contributed by atoms with van der Waals surface area (Å²) in [6.45, 7) is 2.59. The Morgan fingerprint density at radius 3 is 2.80 bits per heavy atom. The van der Waals surface area contributed by atoms with E-state index in [0.29, 0.717) is 36.2 Å². The van der Waals surface area contributed by atoms with Gasteiger partial charge < -0.3 is 4.74 Å². The van der Waals surface area contributed by atoms with Gasteiger partial charge in [0.15, 0.2) is 5.69 Å². The highest BCUT2D eigenvalue weighted by atomic mass is 16.5. The minimum Gasteiger partial charge on any atom is -0.461 e. The van der Waals surface area contributed by atoms with Gasteiger partial charge in [0.05, 0.1) is 24.4 Å². The normalized spacial score (nSPS) is 12.5. The molecule has 0 aliphatic heterocycles. The third-order valence-electron chi connectivity index (χ3n) is 4.44. The van der Waals surface area contributed by atoms with Crippen molar-refractivity contribution in [1.82, 2.24) is 20.0 Å². The molecule has 1 aromatic carbocycles. The zero-order chi connectivity index (χ0) is 17.4. The molecular formula is C18H18N4O3. The molecule has 7 heteroatoms. The largest absolute Gasteiger partial charge is 0.461 e. The maximum atomic E-state index is 12.4. The molecule has 2 N–H and O–H groups in total. The summed E-state index contributed by atoms with van der Waals surface area (Å²) in [6.07, 6.45) is 1.27. The van der Waals surface area contributed by atoms with E-state index in [1.165, 1.54) is 0 Å². The van der Waals surface area contributed by atoms with Gasteiger partial charge in [0.25, 0.3) is 5.56 Å². The van der Waals surface area contributed by atoms with E-state index in [4.69, 9.17) is 4.74 Å². The third-order valence-corrected chi connectivity index (χ3v) is 4.44. The van der Waals surface area contributed by atoms with Gasteiger partial charge in [-0.25, -0.2) is 4.79 Å². The fourth-order valence-corrected chi connectivity index (χ4v) is 3.32. The van der Waals surface area contributed by atoms with Gasteiger partial charge in [-0.05, 0) is 25.3 Å². The Labute approximate surface area is 143 Å². The molecule has 2 aromatic heterocycles. The van der Waals surface area contributed by atoms with Crippen LogP contribution in [0.2, 0.25) is 0 Å². The van der Waals surface area contributed by atoms with E-state index in [1.807, 2.05) is 35.0 Å². The maximum Gasteiger partial charge on any atom is 0.359 e. The van der Waals surface area contributed by atoms with Gasteiger partial charge in [0.1, 0.15) is 0 Å². The average molecular weight is 338 g/mol. The Morgan fingerprint density at radius 1 is 1.24 bits per heavy atom. The first-order valence-electron chi connectivity index (χ1n) is 8.29. The average Bonchev–Trinajstić information content (AvgIpc) is 3.17. The van der Waals surface area contributed by atoms with Crippen LogP contribution >= 0.6 is 0 Å². The number of fused-ring (bicyclic) bond motifs is 3. The van der Waals surface area contributed by atoms with Gasteiger partial charge in [-0.3, -0.25) is 19.7 Å². The van der Waals surface area contributed by atoms with Crippen molar-refractivity contribution in [2.45, 2.75) is 26.3 Å². The highest BCUT2D eigenvalue weighted by Crippen LogP contribution is 2.34. The number of nitrogens with zero attached hydrogens (tertiary/aromatic N) is 2. The van der Waals surface area contributed by atoms with E-state index in [2.05, 4.69) is 15.3 Å². The number of nitrogens with one attached hydrogen (secondary N) is 2. The van der Waals surface area contributed by atoms with Crippen LogP contribution in [0.25, 0.3) is 11.3 Å². The van der Waals surface area contributed by atoms with Crippen molar-refractivity contribution in [1.29, 1.82) is 0 Å². The standard InChI is InChI=1S/C18H18N4O3/c1-2-25-18(24)16-14-13(9-8-12-15(14)19-20-17(12)23)22(21-16)10-11-6-4-3-5-7-11/h3-7H,2,8-10H2,1H3,(H2,19,20,23). The van der Waals surface area contributed by atoms with Crippen molar-refractivity contribution in [3.8, 4) is 11.3 Å². The molecule has 0 saturated carbocycles. The number of hydrogen-bond donors (Lipinski definition) is 2. The van der Waals surface area contributed by atoms with Crippen LogP contribution in [0, 0.1) is 0 Å². The van der Waals surface area contributed by atoms with Crippen molar-refractivity contribution < 1.29 is 9.53 Å². The van der Waals surface area contributed by atoms with Crippen molar-refractivity contribution >= 4 is 5.97 Å². The zero-order valence-corrected chi connectivity index (χ0v) is 13.8. The molecule has 0 fully saturated rings. The maximum absolute atomic E-state index is 12.4. The quantitative estimate of drug-likeness (QED) is 0.711. The Morgan fingerprint density at radius 2 is 2.04 bits per heavy atom. The smallest absolute Gasteiger partial charge is 0.359 e. The van der Waals surface area contributed by atoms with E-state index in [1.54, 1.807) is 6.92 Å². The number of carbonyl (C=O) groups excluding carboxylic acids is 1. The summed E-state index contributed by atoms with van der Waals surface area (Å²) in [4.78, 5) is 24.3. The van der Waals surface area contributed by atoms with Crippen LogP contribution in [0.5, 0.6) is 0 Å². The van der Waals surface area contributed by atoms with Gasteiger partial charge in [-0.15, -0.1) is 0 Å². The number of esters is 1. The fraction of sp³-hybridized carbons (Fsp3) is 0.278. The topological polar surface area (TPSA) is 92.8 Å². The highest BCUT2D eigenvalue weighted by molar-refractivity contribution is 5.96. The molecule has 3 aromatic rings. The Hall–Kier alpha value is -3.09. The van der Waals surface area contributed by atoms with Gasteiger partial charge in [0.2, 0.25) is 0 Å². The number of benzene rings is 1. The third kappa shape index (κ3) is 2.57. The minimum atomic E-state index is -0.472. The molecule has 128 valence electrons. The molecule has 7 nitrogen and oxygen atoms in total. The lowest BCUT2D eigenvalue weighted by Gasteiger charge is -2.14. The van der Waals surface area contributed by atoms with Crippen LogP contribution < -0.4 is 5.56 Å². The molecule has 0 atom stereocenters. The molecule has 0 saturated heterocycles. The van der Waals surface area contributed by atoms with Gasteiger partial charge in [-0.1, -0.05) is 30.3 Å². The molecule has 0 unspecified atom stereocenters. The molecular weight excluding hydrogens is 320 g/mol. The fourth-order valence-electron chi connectivity index (χ4n) is 3.32. The number of carbonyl (C=O) groups is 1. The lowest BCUT2D eigenvalue weighted by atomic mass is 9.93. The van der Waals surface area contributed by atoms with Gasteiger partial charge in [0, 0.05) is 11.3 Å². The molecule has 2 heterocycles. The monoisotopic (exact) mass is 338 g/mol. The number of ether oxygens (including phenoxy) is 1. The summed E-state index contributed by atoms with van der Waals surface area (Å²) in [7, 11) is 0. The molecule has 4 rings (SSSR count). The molecule has 0 amide bonds. The minimum absolute atomic E-state index is 0.147. The summed E-state index contributed by atoms with van der Waals surface area (Å²) in [6, 6.07) is 9.94. The van der Waals surface area contributed by atoms with Crippen LogP contribution in [-0.2, 0) is 24.1 Å². The number of aromatic nitrogens is 4. The lowest BCUT2D eigenvalue weighted by Crippen LogP contribution is -2.14. The predicted octanol–water partition coefficient (Wildman–Crippen LogP) is 1.89. The second-order valence-corrected chi connectivity index (χ2v) is 5.97. The molecule has 25 heavy (non-hydrogen) atoms. The van der Waals surface area contributed by atoms with E-state index in [-0.39, 0.29) is 17.9 Å². The van der Waals surface area contributed by atoms with Crippen molar-refractivity contribution in [3.05, 3.63) is 63.2 Å². The van der Waals surface area contributed by atoms with E-state index in [0.717, 1.165) is 11.3 Å². The van der Waals surface area contributed by atoms with E-state index >= 15 is 0 Å². The van der Waals surface area contributed by atoms with Crippen molar-refractivity contribution in [2.75, 3.05) is 6.61 Å². The number of hydrogen-bond acceptors (Lipinski definition) is 4. The zero-order valence-electron chi connectivity index (χ0n) is 13.8. The summed E-state index contributed by atoms with van der Waals surface area (Å²) < 4.78 is 7.00. The molecule has 0 spiro atoms. The van der Waals surface area contributed by atoms with Crippen LogP contribution in [0.1, 0.15) is 34.2 Å². The van der Waals surface area contributed by atoms with Crippen LogP contribution in [0.15, 0.2) is 35.1 Å². The second-order valence-electron chi connectivity index (χ2n) is 5.97. The van der Waals surface area contributed by atoms with E-state index in [9.17, 15) is 9.59 Å². The number of H-pyrrole nitrogens is 2. The van der Waals surface area contributed by atoms with Crippen molar-refractivity contribution in [3.63, 3.8) is 0 Å². The first kappa shape index (κ1) is 15.4. The predicted molar refractivity (Wildman–Crippen MR) is 91.5 cm³/mol. The van der Waals surface area contributed by atoms with E-state index < -0.39 is 5.97 Å². The Bertz CT molecular complexity index is 982. The Kier molecular flexibility index (Phi) is 3.76. The van der Waals surface area contributed by atoms with Crippen LogP contribution in [-0.4, -0.2) is 32.6 Å². The highest BCUT2D eigenvalue weighted by Gasteiger charge is 2.31. The summed E-state index contributed by atoms with van der Waals surface area (Å²) in [5.41, 5.74) is 4.13. The van der Waals surface area contributed by atoms with Crippen molar-refractivity contribution in [2.24, 2.45) is 0 Å². The molecule has 0 bridgehead atoms. The SMILES string of the molecule is CCOC(=O)c1nn(Cc2ccccc2)c2c1-c1[nH][nH]c(=O)c1CC2. The van der Waals surface area contributed by atoms with Crippen LogP contribution in [0.3, 0.4) is 0 Å². The lowest BCUT2D eigenvalue weighted by molar-refractivity contribution is 0.0519. The molecule has 1 aliphatic carbocycles. The van der Waals surface area contributed by atoms with Gasteiger partial charge in [-0.2, -0.15) is 5.10 Å². The van der Waals surface area contributed by atoms with Gasteiger partial charge >= 0.3 is 5.97 Å². The number of aromatic amines is 2. The molecule has 0 radical (unpaired) electrons. The first-order valence-corrected chi connectivity index (χ1v) is 8.29. The molecule has 1 aliphatic rings.